The van der Waals surface area contributed by atoms with Crippen molar-refractivity contribution in [3.8, 4) is 0 Å². The van der Waals surface area contributed by atoms with Gasteiger partial charge in [0.2, 0.25) is 0 Å². The van der Waals surface area contributed by atoms with E-state index in [2.05, 4.69) is 13.8 Å². The minimum Gasteiger partial charge on any atom is -0.299 e. The lowest BCUT2D eigenvalue weighted by Crippen LogP contribution is -2.35. The molecule has 1 heteroatoms. The number of rotatable bonds is 0. The van der Waals surface area contributed by atoms with Crippen molar-refractivity contribution < 1.29 is 4.79 Å². The Balaban J connectivity index is 2.26. The van der Waals surface area contributed by atoms with E-state index in [4.69, 9.17) is 0 Å². The molecule has 2 rings (SSSR count). The van der Waals surface area contributed by atoms with Gasteiger partial charge >= 0.3 is 0 Å². The van der Waals surface area contributed by atoms with Gasteiger partial charge < -0.3 is 0 Å². The van der Waals surface area contributed by atoms with Crippen LogP contribution in [-0.4, -0.2) is 5.78 Å². The van der Waals surface area contributed by atoms with Crippen molar-refractivity contribution in [3.05, 3.63) is 0 Å². The Morgan fingerprint density at radius 1 is 1.42 bits per heavy atom. The number of carbonyl (C=O) groups excluding carboxylic acids is 1. The summed E-state index contributed by atoms with van der Waals surface area (Å²) in [7, 11) is 0. The Labute approximate surface area is 74.5 Å². The molecule has 68 valence electrons. The van der Waals surface area contributed by atoms with Gasteiger partial charge in [-0.1, -0.05) is 13.8 Å². The summed E-state index contributed by atoms with van der Waals surface area (Å²) in [5, 5.41) is 0. The lowest BCUT2D eigenvalue weighted by Gasteiger charge is -2.36. The van der Waals surface area contributed by atoms with Crippen LogP contribution in [0.3, 0.4) is 0 Å². The quantitative estimate of drug-likeness (QED) is 0.541. The third kappa shape index (κ3) is 1.02. The molecule has 3 atom stereocenters. The fourth-order valence-corrected chi connectivity index (χ4v) is 3.37. The monoisotopic (exact) mass is 166 g/mol. The average Bonchev–Trinajstić information content (AvgIpc) is 2.29. The number of fused-ring (bicyclic) bond motifs is 1. The van der Waals surface area contributed by atoms with E-state index in [0.717, 1.165) is 12.8 Å². The van der Waals surface area contributed by atoms with Crippen LogP contribution in [0.25, 0.3) is 0 Å². The highest BCUT2D eigenvalue weighted by molar-refractivity contribution is 5.83. The summed E-state index contributed by atoms with van der Waals surface area (Å²) < 4.78 is 0. The van der Waals surface area contributed by atoms with E-state index in [9.17, 15) is 4.79 Å². The van der Waals surface area contributed by atoms with Gasteiger partial charge in [-0.25, -0.2) is 0 Å². The first-order valence-corrected chi connectivity index (χ1v) is 5.16. The molecule has 0 unspecified atom stereocenters. The topological polar surface area (TPSA) is 17.1 Å². The van der Waals surface area contributed by atoms with Gasteiger partial charge in [0, 0.05) is 12.3 Å². The summed E-state index contributed by atoms with van der Waals surface area (Å²) in [6.07, 6.45) is 5.83. The van der Waals surface area contributed by atoms with E-state index in [1.165, 1.54) is 19.3 Å². The van der Waals surface area contributed by atoms with Gasteiger partial charge in [-0.15, -0.1) is 0 Å². The summed E-state index contributed by atoms with van der Waals surface area (Å²) in [4.78, 5) is 11.7. The number of ketones is 1. The predicted octanol–water partition coefficient (Wildman–Crippen LogP) is 2.79. The molecule has 0 aromatic rings. The molecule has 0 spiro atoms. The average molecular weight is 166 g/mol. The minimum atomic E-state index is 0.384. The van der Waals surface area contributed by atoms with E-state index >= 15 is 0 Å². The van der Waals surface area contributed by atoms with Gasteiger partial charge in [-0.05, 0) is 37.0 Å². The highest BCUT2D eigenvalue weighted by Gasteiger charge is 2.48. The third-order valence-corrected chi connectivity index (χ3v) is 4.01. The summed E-state index contributed by atoms with van der Waals surface area (Å²) in [5.41, 5.74) is 0.384. The second-order valence-electron chi connectivity index (χ2n) is 4.97. The van der Waals surface area contributed by atoms with Gasteiger partial charge in [-0.2, -0.15) is 0 Å². The normalized spacial score (nSPS) is 47.7. The molecular weight excluding hydrogens is 148 g/mol. The molecule has 0 N–H and O–H groups in total. The molecule has 0 bridgehead atoms. The van der Waals surface area contributed by atoms with E-state index in [1.807, 2.05) is 0 Å². The van der Waals surface area contributed by atoms with E-state index < -0.39 is 0 Å². The SMILES string of the molecule is C[C@H]1CC[C@@]2(C)CCCC(=O)[C@H]12. The molecule has 0 radical (unpaired) electrons. The molecule has 0 aromatic heterocycles. The van der Waals surface area contributed by atoms with Gasteiger partial charge in [0.25, 0.3) is 0 Å². The lowest BCUT2D eigenvalue weighted by molar-refractivity contribution is -0.130. The van der Waals surface area contributed by atoms with Crippen LogP contribution in [0.2, 0.25) is 0 Å². The van der Waals surface area contributed by atoms with Crippen molar-refractivity contribution in [2.24, 2.45) is 17.3 Å². The Kier molecular flexibility index (Phi) is 1.78. The zero-order valence-electron chi connectivity index (χ0n) is 8.10. The van der Waals surface area contributed by atoms with Crippen molar-refractivity contribution in [3.63, 3.8) is 0 Å². The minimum absolute atomic E-state index is 0.384. The lowest BCUT2D eigenvalue weighted by atomic mass is 9.67. The number of hydrogen-bond acceptors (Lipinski definition) is 1. The van der Waals surface area contributed by atoms with E-state index in [-0.39, 0.29) is 0 Å². The second kappa shape index (κ2) is 2.58. The molecular formula is C11H18O. The van der Waals surface area contributed by atoms with Gasteiger partial charge in [0.1, 0.15) is 5.78 Å². The first-order chi connectivity index (χ1) is 5.63. The van der Waals surface area contributed by atoms with Crippen LogP contribution in [0.1, 0.15) is 46.0 Å². The van der Waals surface area contributed by atoms with Gasteiger partial charge in [-0.3, -0.25) is 4.79 Å². The molecule has 12 heavy (non-hydrogen) atoms. The summed E-state index contributed by atoms with van der Waals surface area (Å²) in [5.74, 6) is 1.61. The molecule has 0 heterocycles. The molecule has 1 nitrogen and oxygen atoms in total. The van der Waals surface area contributed by atoms with Gasteiger partial charge in [0.05, 0.1) is 0 Å². The summed E-state index contributed by atoms with van der Waals surface area (Å²) >= 11 is 0. The summed E-state index contributed by atoms with van der Waals surface area (Å²) in [6, 6.07) is 0. The first kappa shape index (κ1) is 8.28. The standard InChI is InChI=1S/C11H18O/c1-8-5-7-11(2)6-3-4-9(12)10(8)11/h8,10H,3-7H2,1-2H3/t8-,10-,11+/m0/s1. The van der Waals surface area contributed by atoms with Crippen LogP contribution in [0.5, 0.6) is 0 Å². The number of Topliss-reactive ketones (excluding diaryl/α,β-unsaturated/α-hetero) is 1. The molecule has 2 saturated carbocycles. The Hall–Kier alpha value is -0.330. The Morgan fingerprint density at radius 3 is 2.83 bits per heavy atom. The molecule has 0 saturated heterocycles. The fraction of sp³-hybridized carbons (Fsp3) is 0.909. The van der Waals surface area contributed by atoms with Crippen LogP contribution in [0.4, 0.5) is 0 Å². The van der Waals surface area contributed by atoms with Crippen LogP contribution in [0.15, 0.2) is 0 Å². The highest BCUT2D eigenvalue weighted by atomic mass is 16.1. The predicted molar refractivity (Wildman–Crippen MR) is 48.9 cm³/mol. The maximum absolute atomic E-state index is 11.7. The van der Waals surface area contributed by atoms with Crippen LogP contribution in [-0.2, 0) is 4.79 Å². The van der Waals surface area contributed by atoms with Crippen LogP contribution < -0.4 is 0 Å². The Morgan fingerprint density at radius 2 is 2.17 bits per heavy atom. The van der Waals surface area contributed by atoms with E-state index in [0.29, 0.717) is 23.0 Å². The highest BCUT2D eigenvalue weighted by Crippen LogP contribution is 2.52. The zero-order valence-corrected chi connectivity index (χ0v) is 8.10. The Bertz CT molecular complexity index is 205. The number of carbonyl (C=O) groups is 1. The van der Waals surface area contributed by atoms with Crippen molar-refractivity contribution in [1.82, 2.24) is 0 Å². The third-order valence-electron chi connectivity index (χ3n) is 4.01. The zero-order chi connectivity index (χ0) is 8.77. The molecule has 2 fully saturated rings. The molecule has 0 aromatic carbocycles. The largest absolute Gasteiger partial charge is 0.299 e. The molecule has 0 aliphatic heterocycles. The summed E-state index contributed by atoms with van der Waals surface area (Å²) in [6.45, 7) is 4.57. The van der Waals surface area contributed by atoms with Crippen molar-refractivity contribution in [2.45, 2.75) is 46.0 Å². The fourth-order valence-electron chi connectivity index (χ4n) is 3.37. The van der Waals surface area contributed by atoms with Crippen LogP contribution >= 0.6 is 0 Å². The van der Waals surface area contributed by atoms with Crippen molar-refractivity contribution in [2.75, 3.05) is 0 Å². The van der Waals surface area contributed by atoms with Gasteiger partial charge in [0.15, 0.2) is 0 Å². The smallest absolute Gasteiger partial charge is 0.136 e. The molecule has 0 amide bonds. The van der Waals surface area contributed by atoms with Crippen molar-refractivity contribution >= 4 is 5.78 Å². The molecule has 2 aliphatic rings. The first-order valence-electron chi connectivity index (χ1n) is 5.16. The van der Waals surface area contributed by atoms with E-state index in [1.54, 1.807) is 0 Å². The second-order valence-corrected chi connectivity index (χ2v) is 4.97. The maximum atomic E-state index is 11.7. The number of hydrogen-bond donors (Lipinski definition) is 0. The van der Waals surface area contributed by atoms with Crippen LogP contribution in [0, 0.1) is 17.3 Å². The van der Waals surface area contributed by atoms with Crippen molar-refractivity contribution in [1.29, 1.82) is 0 Å². The maximum Gasteiger partial charge on any atom is 0.136 e. The molecule has 2 aliphatic carbocycles.